The van der Waals surface area contributed by atoms with E-state index < -0.39 is 11.9 Å². The summed E-state index contributed by atoms with van der Waals surface area (Å²) in [4.78, 5) is 24.4. The summed E-state index contributed by atoms with van der Waals surface area (Å²) >= 11 is 1.19. The zero-order chi connectivity index (χ0) is 18.4. The van der Waals surface area contributed by atoms with Gasteiger partial charge in [0.15, 0.2) is 0 Å². The number of anilines is 1. The molecule has 25 heavy (non-hydrogen) atoms. The van der Waals surface area contributed by atoms with Gasteiger partial charge in [0.1, 0.15) is 22.4 Å². The molecule has 0 radical (unpaired) electrons. The van der Waals surface area contributed by atoms with Crippen molar-refractivity contribution in [3.8, 4) is 11.8 Å². The lowest BCUT2D eigenvalue weighted by Gasteiger charge is -2.06. The minimum Gasteiger partial charge on any atom is -0.508 e. The number of ether oxygens (including phenoxy) is 1. The molecule has 0 atom stereocenters. The van der Waals surface area contributed by atoms with Crippen molar-refractivity contribution in [1.29, 1.82) is 5.26 Å². The van der Waals surface area contributed by atoms with E-state index in [1.54, 1.807) is 31.4 Å². The number of carbonyl (C=O) groups excluding carboxylic acids is 2. The summed E-state index contributed by atoms with van der Waals surface area (Å²) < 4.78 is 5.00. The van der Waals surface area contributed by atoms with Crippen molar-refractivity contribution in [2.45, 2.75) is 13.8 Å². The molecule has 1 heterocycles. The van der Waals surface area contributed by atoms with Crippen LogP contribution in [0.5, 0.6) is 5.75 Å². The van der Waals surface area contributed by atoms with Gasteiger partial charge in [0.25, 0.3) is 5.91 Å². The van der Waals surface area contributed by atoms with Crippen LogP contribution in [0.25, 0.3) is 6.08 Å². The zero-order valence-corrected chi connectivity index (χ0v) is 14.5. The highest BCUT2D eigenvalue weighted by Crippen LogP contribution is 2.29. The molecule has 0 aliphatic heterocycles. The lowest BCUT2D eigenvalue weighted by atomic mass is 10.1. The third-order valence-corrected chi connectivity index (χ3v) is 4.26. The highest BCUT2D eigenvalue weighted by molar-refractivity contribution is 7.15. The van der Waals surface area contributed by atoms with Gasteiger partial charge in [-0.05, 0) is 48.6 Å². The number of rotatable bonds is 5. The highest BCUT2D eigenvalue weighted by Gasteiger charge is 2.20. The van der Waals surface area contributed by atoms with Gasteiger partial charge in [-0.1, -0.05) is 12.1 Å². The zero-order valence-electron chi connectivity index (χ0n) is 13.7. The Kier molecular flexibility index (Phi) is 5.93. The number of nitrogens with one attached hydrogen (secondary N) is 1. The van der Waals surface area contributed by atoms with E-state index in [1.165, 1.54) is 29.5 Å². The maximum Gasteiger partial charge on any atom is 0.341 e. The minimum absolute atomic E-state index is 0.0910. The fourth-order valence-electron chi connectivity index (χ4n) is 2.05. The first-order valence-electron chi connectivity index (χ1n) is 7.43. The normalized spacial score (nSPS) is 10.8. The number of aromatic hydroxyl groups is 1. The van der Waals surface area contributed by atoms with Gasteiger partial charge in [0.2, 0.25) is 0 Å². The van der Waals surface area contributed by atoms with Crippen LogP contribution >= 0.6 is 11.3 Å². The molecule has 1 amide bonds. The first-order chi connectivity index (χ1) is 12.0. The quantitative estimate of drug-likeness (QED) is 0.485. The molecule has 0 aliphatic rings. The van der Waals surface area contributed by atoms with E-state index in [-0.39, 0.29) is 17.9 Å². The van der Waals surface area contributed by atoms with Crippen LogP contribution in [0.1, 0.15) is 28.4 Å². The third kappa shape index (κ3) is 4.46. The number of esters is 1. The fourth-order valence-corrected chi connectivity index (χ4v) is 2.98. The van der Waals surface area contributed by atoms with Gasteiger partial charge in [-0.25, -0.2) is 4.79 Å². The van der Waals surface area contributed by atoms with E-state index in [4.69, 9.17) is 4.74 Å². The molecule has 0 bridgehead atoms. The van der Waals surface area contributed by atoms with Crippen molar-refractivity contribution < 1.29 is 19.4 Å². The molecule has 128 valence electrons. The molecule has 0 unspecified atom stereocenters. The van der Waals surface area contributed by atoms with Gasteiger partial charge in [0, 0.05) is 0 Å². The number of benzene rings is 1. The van der Waals surface area contributed by atoms with Crippen molar-refractivity contribution in [3.05, 3.63) is 51.9 Å². The van der Waals surface area contributed by atoms with Crippen molar-refractivity contribution >= 4 is 34.3 Å². The lowest BCUT2D eigenvalue weighted by Crippen LogP contribution is -2.16. The van der Waals surface area contributed by atoms with Crippen molar-refractivity contribution in [2.75, 3.05) is 11.9 Å². The second-order valence-corrected chi connectivity index (χ2v) is 5.94. The van der Waals surface area contributed by atoms with Crippen LogP contribution in [-0.4, -0.2) is 23.6 Å². The molecular weight excluding hydrogens is 340 g/mol. The van der Waals surface area contributed by atoms with E-state index in [2.05, 4.69) is 5.32 Å². The third-order valence-electron chi connectivity index (χ3n) is 3.25. The summed E-state index contributed by atoms with van der Waals surface area (Å²) in [5.41, 5.74) is 1.46. The maximum atomic E-state index is 12.4. The maximum absolute atomic E-state index is 12.4. The Balaban J connectivity index is 2.25. The van der Waals surface area contributed by atoms with Crippen molar-refractivity contribution in [2.24, 2.45) is 0 Å². The smallest absolute Gasteiger partial charge is 0.341 e. The van der Waals surface area contributed by atoms with E-state index in [0.717, 1.165) is 0 Å². The summed E-state index contributed by atoms with van der Waals surface area (Å²) in [5, 5.41) is 23.2. The molecule has 6 nitrogen and oxygen atoms in total. The van der Waals surface area contributed by atoms with Crippen LogP contribution in [0, 0.1) is 18.3 Å². The molecule has 0 saturated heterocycles. The Hall–Kier alpha value is -3.11. The number of carbonyl (C=O) groups is 2. The van der Waals surface area contributed by atoms with E-state index in [1.807, 2.05) is 6.07 Å². The van der Waals surface area contributed by atoms with Gasteiger partial charge < -0.3 is 15.2 Å². The summed E-state index contributed by atoms with van der Waals surface area (Å²) in [7, 11) is 0. The number of thiophene rings is 1. The number of amides is 1. The van der Waals surface area contributed by atoms with Crippen LogP contribution in [0.2, 0.25) is 0 Å². The Morgan fingerprint density at radius 2 is 2.04 bits per heavy atom. The SMILES string of the molecule is CCOC(=O)c1c(C)csc1NC(=O)/C(C#N)=C/c1ccc(O)cc1. The monoisotopic (exact) mass is 356 g/mol. The van der Waals surface area contributed by atoms with Gasteiger partial charge in [-0.15, -0.1) is 11.3 Å². The minimum atomic E-state index is -0.622. The highest BCUT2D eigenvalue weighted by atomic mass is 32.1. The number of aryl methyl sites for hydroxylation is 1. The molecule has 1 aromatic heterocycles. The Morgan fingerprint density at radius 3 is 2.64 bits per heavy atom. The number of hydrogen-bond donors (Lipinski definition) is 2. The Morgan fingerprint density at radius 1 is 1.36 bits per heavy atom. The van der Waals surface area contributed by atoms with Crippen LogP contribution in [0.4, 0.5) is 5.00 Å². The van der Waals surface area contributed by atoms with Crippen LogP contribution < -0.4 is 5.32 Å². The number of phenolic OH excluding ortho intramolecular Hbond substituents is 1. The summed E-state index contributed by atoms with van der Waals surface area (Å²) in [6.45, 7) is 3.67. The van der Waals surface area contributed by atoms with Crippen molar-refractivity contribution in [1.82, 2.24) is 0 Å². The average Bonchev–Trinajstić information content (AvgIpc) is 2.94. The number of nitrogens with zero attached hydrogens (tertiary/aromatic N) is 1. The van der Waals surface area contributed by atoms with Gasteiger partial charge >= 0.3 is 5.97 Å². The van der Waals surface area contributed by atoms with Gasteiger partial charge in [-0.3, -0.25) is 4.79 Å². The molecule has 0 spiro atoms. The molecule has 0 saturated carbocycles. The molecular formula is C18H16N2O4S. The second-order valence-electron chi connectivity index (χ2n) is 5.06. The Bertz CT molecular complexity index is 860. The summed E-state index contributed by atoms with van der Waals surface area (Å²) in [5.74, 6) is -1.05. The second kappa shape index (κ2) is 8.13. The molecule has 0 aliphatic carbocycles. The van der Waals surface area contributed by atoms with Crippen LogP contribution in [0.3, 0.4) is 0 Å². The fraction of sp³-hybridized carbons (Fsp3) is 0.167. The average molecular weight is 356 g/mol. The molecule has 2 aromatic rings. The van der Waals surface area contributed by atoms with E-state index in [0.29, 0.717) is 21.7 Å². The topological polar surface area (TPSA) is 99.4 Å². The first-order valence-corrected chi connectivity index (χ1v) is 8.31. The predicted molar refractivity (Wildman–Crippen MR) is 95.3 cm³/mol. The number of hydrogen-bond acceptors (Lipinski definition) is 6. The molecule has 2 rings (SSSR count). The molecule has 2 N–H and O–H groups in total. The Labute approximate surface area is 149 Å². The van der Waals surface area contributed by atoms with Crippen molar-refractivity contribution in [3.63, 3.8) is 0 Å². The molecule has 1 aromatic carbocycles. The van der Waals surface area contributed by atoms with Crippen LogP contribution in [0.15, 0.2) is 35.2 Å². The lowest BCUT2D eigenvalue weighted by molar-refractivity contribution is -0.112. The summed E-state index contributed by atoms with van der Waals surface area (Å²) in [6, 6.07) is 7.92. The van der Waals surface area contributed by atoms with Gasteiger partial charge in [-0.2, -0.15) is 5.26 Å². The summed E-state index contributed by atoms with van der Waals surface area (Å²) in [6.07, 6.45) is 1.40. The first kappa shape index (κ1) is 18.2. The number of phenols is 1. The number of nitriles is 1. The molecule has 0 fully saturated rings. The predicted octanol–water partition coefficient (Wildman–Crippen LogP) is 3.48. The largest absolute Gasteiger partial charge is 0.508 e. The van der Waals surface area contributed by atoms with E-state index in [9.17, 15) is 20.0 Å². The van der Waals surface area contributed by atoms with E-state index >= 15 is 0 Å². The standard InChI is InChI=1S/C18H16N2O4S/c1-3-24-18(23)15-11(2)10-25-17(15)20-16(22)13(9-19)8-12-4-6-14(21)7-5-12/h4-8,10,21H,3H2,1-2H3,(H,20,22)/b13-8+. The molecule has 7 heteroatoms. The van der Waals surface area contributed by atoms with Crippen LogP contribution in [-0.2, 0) is 9.53 Å². The van der Waals surface area contributed by atoms with Gasteiger partial charge in [0.05, 0.1) is 12.2 Å².